The van der Waals surface area contributed by atoms with Gasteiger partial charge in [-0.05, 0) is 55.5 Å². The molecule has 0 aliphatic rings. The number of halogens is 1. The third-order valence-electron chi connectivity index (χ3n) is 5.29. The smallest absolute Gasteiger partial charge is 0.255 e. The van der Waals surface area contributed by atoms with Crippen LogP contribution in [-0.4, -0.2) is 25.3 Å². The topological polar surface area (TPSA) is 110 Å². The second kappa shape index (κ2) is 8.62. The second-order valence-electron chi connectivity index (χ2n) is 7.60. The van der Waals surface area contributed by atoms with Crippen molar-refractivity contribution in [2.24, 2.45) is 0 Å². The Morgan fingerprint density at radius 3 is 2.65 bits per heavy atom. The molecular formula is C25H20FN7O. The van der Waals surface area contributed by atoms with Crippen LogP contribution < -0.4 is 16.4 Å². The van der Waals surface area contributed by atoms with E-state index in [0.717, 1.165) is 23.1 Å². The SMILES string of the molecule is Cc1nc2ccccn2c1-c1ccnc(Nc2ccc(C(=O)Nc3ccccc3N)cc2F)n1. The molecule has 0 saturated heterocycles. The Morgan fingerprint density at radius 1 is 1.00 bits per heavy atom. The first-order valence-electron chi connectivity index (χ1n) is 10.5. The van der Waals surface area contributed by atoms with E-state index in [4.69, 9.17) is 5.73 Å². The fourth-order valence-corrected chi connectivity index (χ4v) is 3.66. The van der Waals surface area contributed by atoms with Crippen molar-refractivity contribution in [3.63, 3.8) is 0 Å². The van der Waals surface area contributed by atoms with Crippen LogP contribution in [0, 0.1) is 12.7 Å². The highest BCUT2D eigenvalue weighted by Gasteiger charge is 2.15. The third-order valence-corrected chi connectivity index (χ3v) is 5.29. The number of nitrogens with zero attached hydrogens (tertiary/aromatic N) is 4. The molecule has 0 unspecified atom stereocenters. The summed E-state index contributed by atoms with van der Waals surface area (Å²) in [7, 11) is 0. The molecule has 3 heterocycles. The molecule has 0 radical (unpaired) electrons. The number of fused-ring (bicyclic) bond motifs is 1. The Hall–Kier alpha value is -4.79. The second-order valence-corrected chi connectivity index (χ2v) is 7.60. The number of aryl methyl sites for hydroxylation is 1. The molecule has 0 bridgehead atoms. The number of nitrogens with two attached hydrogens (primary N) is 1. The third kappa shape index (κ3) is 4.02. The van der Waals surface area contributed by atoms with E-state index in [2.05, 4.69) is 25.6 Å². The molecule has 0 aliphatic carbocycles. The van der Waals surface area contributed by atoms with Gasteiger partial charge in [0.2, 0.25) is 5.95 Å². The summed E-state index contributed by atoms with van der Waals surface area (Å²) >= 11 is 0. The van der Waals surface area contributed by atoms with Gasteiger partial charge in [-0.3, -0.25) is 9.20 Å². The molecule has 2 aromatic carbocycles. The Morgan fingerprint density at radius 2 is 1.82 bits per heavy atom. The number of benzene rings is 2. The standard InChI is InChI=1S/C25H20FN7O/c1-15-23(33-13-5-4-8-22(33)29-15)21-11-12-28-25(32-21)31-19-10-9-16(14-17(19)26)24(34)30-20-7-3-2-6-18(20)27/h2-14H,27H2,1H3,(H,30,34)(H,28,31,32). The van der Waals surface area contributed by atoms with E-state index in [1.807, 2.05) is 35.7 Å². The highest BCUT2D eigenvalue weighted by atomic mass is 19.1. The quantitative estimate of drug-likeness (QED) is 0.329. The number of para-hydroxylation sites is 2. The fourth-order valence-electron chi connectivity index (χ4n) is 3.66. The van der Waals surface area contributed by atoms with Crippen molar-refractivity contribution < 1.29 is 9.18 Å². The fraction of sp³-hybridized carbons (Fsp3) is 0.0400. The van der Waals surface area contributed by atoms with E-state index >= 15 is 0 Å². The zero-order chi connectivity index (χ0) is 23.7. The van der Waals surface area contributed by atoms with Crippen molar-refractivity contribution in [1.82, 2.24) is 19.4 Å². The number of carbonyl (C=O) groups is 1. The highest BCUT2D eigenvalue weighted by molar-refractivity contribution is 6.05. The van der Waals surface area contributed by atoms with Gasteiger partial charge in [0.05, 0.1) is 34.1 Å². The molecule has 5 rings (SSSR count). The summed E-state index contributed by atoms with van der Waals surface area (Å²) in [6.07, 6.45) is 3.50. The molecule has 5 aromatic rings. The summed E-state index contributed by atoms with van der Waals surface area (Å²) < 4.78 is 16.8. The van der Waals surface area contributed by atoms with Gasteiger partial charge in [-0.25, -0.2) is 19.3 Å². The predicted molar refractivity (Wildman–Crippen MR) is 129 cm³/mol. The summed E-state index contributed by atoms with van der Waals surface area (Å²) in [5.41, 5.74) is 10.1. The predicted octanol–water partition coefficient (Wildman–Crippen LogP) is 4.82. The van der Waals surface area contributed by atoms with Crippen LogP contribution in [0.2, 0.25) is 0 Å². The van der Waals surface area contributed by atoms with E-state index in [-0.39, 0.29) is 17.2 Å². The molecule has 0 aliphatic heterocycles. The van der Waals surface area contributed by atoms with Gasteiger partial charge >= 0.3 is 0 Å². The normalized spacial score (nSPS) is 10.9. The minimum Gasteiger partial charge on any atom is -0.397 e. The first-order valence-corrected chi connectivity index (χ1v) is 10.5. The van der Waals surface area contributed by atoms with Gasteiger partial charge in [0.25, 0.3) is 5.91 Å². The van der Waals surface area contributed by atoms with Gasteiger partial charge < -0.3 is 16.4 Å². The Kier molecular flexibility index (Phi) is 5.35. The van der Waals surface area contributed by atoms with Crippen LogP contribution >= 0.6 is 0 Å². The van der Waals surface area contributed by atoms with Crippen LogP contribution in [0.4, 0.5) is 27.4 Å². The number of imidazole rings is 1. The number of amides is 1. The van der Waals surface area contributed by atoms with Crippen LogP contribution in [0.3, 0.4) is 0 Å². The maximum Gasteiger partial charge on any atom is 0.255 e. The monoisotopic (exact) mass is 453 g/mol. The minimum absolute atomic E-state index is 0.141. The lowest BCUT2D eigenvalue weighted by atomic mass is 10.1. The summed E-state index contributed by atoms with van der Waals surface area (Å²) in [6.45, 7) is 1.91. The first kappa shape index (κ1) is 21.1. The Balaban J connectivity index is 1.38. The largest absolute Gasteiger partial charge is 0.397 e. The van der Waals surface area contributed by atoms with Gasteiger partial charge in [-0.15, -0.1) is 0 Å². The molecule has 3 aromatic heterocycles. The zero-order valence-corrected chi connectivity index (χ0v) is 18.2. The van der Waals surface area contributed by atoms with E-state index in [0.29, 0.717) is 17.1 Å². The first-order chi connectivity index (χ1) is 16.5. The van der Waals surface area contributed by atoms with Crippen LogP contribution in [-0.2, 0) is 0 Å². The average molecular weight is 453 g/mol. The maximum absolute atomic E-state index is 14.8. The molecular weight excluding hydrogens is 433 g/mol. The maximum atomic E-state index is 14.8. The molecule has 168 valence electrons. The summed E-state index contributed by atoms with van der Waals surface area (Å²) in [5, 5.41) is 5.57. The zero-order valence-electron chi connectivity index (χ0n) is 18.2. The lowest BCUT2D eigenvalue weighted by molar-refractivity contribution is 0.102. The van der Waals surface area contributed by atoms with Crippen molar-refractivity contribution >= 4 is 34.6 Å². The van der Waals surface area contributed by atoms with Crippen molar-refractivity contribution in [1.29, 1.82) is 0 Å². The lowest BCUT2D eigenvalue weighted by Gasteiger charge is -2.10. The number of hydrogen-bond donors (Lipinski definition) is 3. The molecule has 0 saturated carbocycles. The number of nitrogen functional groups attached to an aromatic ring is 1. The number of pyridine rings is 1. The van der Waals surface area contributed by atoms with Gasteiger partial charge in [-0.2, -0.15) is 0 Å². The van der Waals surface area contributed by atoms with Gasteiger partial charge in [0.1, 0.15) is 11.5 Å². The van der Waals surface area contributed by atoms with Crippen LogP contribution in [0.5, 0.6) is 0 Å². The van der Waals surface area contributed by atoms with E-state index < -0.39 is 11.7 Å². The lowest BCUT2D eigenvalue weighted by Crippen LogP contribution is -2.13. The molecule has 8 nitrogen and oxygen atoms in total. The van der Waals surface area contributed by atoms with E-state index in [9.17, 15) is 9.18 Å². The van der Waals surface area contributed by atoms with Crippen molar-refractivity contribution in [3.05, 3.63) is 96.2 Å². The van der Waals surface area contributed by atoms with Gasteiger partial charge in [0, 0.05) is 18.0 Å². The molecule has 0 spiro atoms. The molecule has 9 heteroatoms. The van der Waals surface area contributed by atoms with Crippen molar-refractivity contribution in [3.8, 4) is 11.4 Å². The van der Waals surface area contributed by atoms with Crippen LogP contribution in [0.15, 0.2) is 79.1 Å². The average Bonchev–Trinajstić information content (AvgIpc) is 3.17. The summed E-state index contributed by atoms with van der Waals surface area (Å²) in [6, 6.07) is 18.5. The Bertz CT molecular complexity index is 1530. The van der Waals surface area contributed by atoms with Gasteiger partial charge in [0.15, 0.2) is 0 Å². The molecule has 4 N–H and O–H groups in total. The summed E-state index contributed by atoms with van der Waals surface area (Å²) in [5.74, 6) is -0.866. The minimum atomic E-state index is -0.617. The molecule has 0 fully saturated rings. The van der Waals surface area contributed by atoms with E-state index in [1.165, 1.54) is 12.1 Å². The van der Waals surface area contributed by atoms with Crippen LogP contribution in [0.1, 0.15) is 16.1 Å². The molecule has 1 amide bonds. The van der Waals surface area contributed by atoms with Gasteiger partial charge in [-0.1, -0.05) is 18.2 Å². The van der Waals surface area contributed by atoms with Crippen molar-refractivity contribution in [2.75, 3.05) is 16.4 Å². The van der Waals surface area contributed by atoms with Crippen LogP contribution in [0.25, 0.3) is 17.0 Å². The van der Waals surface area contributed by atoms with E-state index in [1.54, 1.807) is 36.5 Å². The number of anilines is 4. The highest BCUT2D eigenvalue weighted by Crippen LogP contribution is 2.25. The molecule has 34 heavy (non-hydrogen) atoms. The number of carbonyl (C=O) groups excluding carboxylic acids is 1. The number of aromatic nitrogens is 4. The Labute approximate surface area is 194 Å². The number of nitrogens with one attached hydrogen (secondary N) is 2. The number of hydrogen-bond acceptors (Lipinski definition) is 6. The molecule has 0 atom stereocenters. The van der Waals surface area contributed by atoms with Crippen molar-refractivity contribution in [2.45, 2.75) is 6.92 Å². The number of rotatable bonds is 5. The summed E-state index contributed by atoms with van der Waals surface area (Å²) in [4.78, 5) is 25.8.